The highest BCUT2D eigenvalue weighted by Gasteiger charge is 2.32. The molecule has 9 heteroatoms. The molecule has 2 aliphatic heterocycles. The molecule has 1 aromatic heterocycles. The molecule has 2 saturated heterocycles. The van der Waals surface area contributed by atoms with Crippen molar-refractivity contribution in [3.63, 3.8) is 0 Å². The molecule has 154 valence electrons. The Bertz CT molecular complexity index is 598. The molecule has 3 rings (SSSR count). The van der Waals surface area contributed by atoms with Gasteiger partial charge >= 0.3 is 0 Å². The van der Waals surface area contributed by atoms with Crippen molar-refractivity contribution in [1.29, 1.82) is 0 Å². The molecular weight excluding hydrogens is 477 g/mol. The monoisotopic (exact) mass is 509 g/mol. The molecular formula is C18H32IN5O2S. The zero-order valence-corrected chi connectivity index (χ0v) is 19.7. The van der Waals surface area contributed by atoms with E-state index in [0.717, 1.165) is 82.7 Å². The number of hydrogen-bond donors (Lipinski definition) is 1. The number of nitrogens with zero attached hydrogens (tertiary/aromatic N) is 4. The Morgan fingerprint density at radius 2 is 2.00 bits per heavy atom. The predicted octanol–water partition coefficient (Wildman–Crippen LogP) is 2.21. The van der Waals surface area contributed by atoms with E-state index < -0.39 is 0 Å². The minimum atomic E-state index is 0. The van der Waals surface area contributed by atoms with Crippen LogP contribution in [-0.4, -0.2) is 84.9 Å². The van der Waals surface area contributed by atoms with Gasteiger partial charge in [-0.2, -0.15) is 11.8 Å². The lowest BCUT2D eigenvalue weighted by Gasteiger charge is -2.39. The molecule has 7 nitrogen and oxygen atoms in total. The number of guanidine groups is 1. The molecule has 0 radical (unpaired) electrons. The van der Waals surface area contributed by atoms with E-state index in [2.05, 4.69) is 31.5 Å². The van der Waals surface area contributed by atoms with Crippen LogP contribution in [0.3, 0.4) is 0 Å². The third-order valence-corrected chi connectivity index (χ3v) is 6.77. The third kappa shape index (κ3) is 6.23. The summed E-state index contributed by atoms with van der Waals surface area (Å²) in [5, 5.41) is 7.72. The fourth-order valence-electron chi connectivity index (χ4n) is 3.61. The number of aromatic nitrogens is 1. The van der Waals surface area contributed by atoms with Crippen molar-refractivity contribution < 1.29 is 9.26 Å². The summed E-state index contributed by atoms with van der Waals surface area (Å²) >= 11 is 1.96. The molecule has 0 unspecified atom stereocenters. The van der Waals surface area contributed by atoms with Crippen LogP contribution in [0, 0.1) is 6.92 Å². The molecule has 0 saturated carbocycles. The molecule has 1 N–H and O–H groups in total. The van der Waals surface area contributed by atoms with Crippen LogP contribution in [0.5, 0.6) is 0 Å². The van der Waals surface area contributed by atoms with Crippen molar-refractivity contribution in [1.82, 2.24) is 20.3 Å². The molecule has 0 amide bonds. The number of halogens is 1. The Morgan fingerprint density at radius 3 is 2.56 bits per heavy atom. The summed E-state index contributed by atoms with van der Waals surface area (Å²) in [5.74, 6) is 1.89. The molecule has 1 aromatic rings. The van der Waals surface area contributed by atoms with Crippen LogP contribution in [0.4, 0.5) is 0 Å². The van der Waals surface area contributed by atoms with Crippen LogP contribution < -0.4 is 5.32 Å². The van der Waals surface area contributed by atoms with Gasteiger partial charge in [-0.15, -0.1) is 24.0 Å². The van der Waals surface area contributed by atoms with Crippen LogP contribution in [0.2, 0.25) is 0 Å². The zero-order valence-electron chi connectivity index (χ0n) is 16.6. The third-order valence-electron chi connectivity index (χ3n) is 5.35. The standard InChI is InChI=1S/C18H31N5O2S.HI/c1-15-12-16(21-25-15)13-22-6-8-23(9-7-22)17(19-2)20-14-18(26-3)4-10-24-11-5-18;/h12H,4-11,13-14H2,1-3H3,(H,19,20);1H. The average Bonchev–Trinajstić information content (AvgIpc) is 3.09. The van der Waals surface area contributed by atoms with E-state index in [0.29, 0.717) is 0 Å². The summed E-state index contributed by atoms with van der Waals surface area (Å²) in [7, 11) is 1.88. The maximum Gasteiger partial charge on any atom is 0.193 e. The summed E-state index contributed by atoms with van der Waals surface area (Å²) in [6.45, 7) is 9.43. The normalized spacial score (nSPS) is 21.0. The maximum absolute atomic E-state index is 5.54. The minimum Gasteiger partial charge on any atom is -0.381 e. The lowest BCUT2D eigenvalue weighted by molar-refractivity contribution is 0.0779. The van der Waals surface area contributed by atoms with Crippen molar-refractivity contribution in [2.24, 2.45) is 4.99 Å². The first-order valence-corrected chi connectivity index (χ1v) is 10.6. The van der Waals surface area contributed by atoms with Crippen LogP contribution in [0.15, 0.2) is 15.6 Å². The molecule has 27 heavy (non-hydrogen) atoms. The Labute approximate surface area is 183 Å². The molecule has 3 heterocycles. The van der Waals surface area contributed by atoms with Gasteiger partial charge in [-0.05, 0) is 26.0 Å². The highest BCUT2D eigenvalue weighted by molar-refractivity contribution is 14.0. The Kier molecular flexibility index (Phi) is 9.17. The van der Waals surface area contributed by atoms with Gasteiger partial charge in [0, 0.05) is 70.3 Å². The van der Waals surface area contributed by atoms with Gasteiger partial charge in [0.25, 0.3) is 0 Å². The maximum atomic E-state index is 5.54. The summed E-state index contributed by atoms with van der Waals surface area (Å²) in [6, 6.07) is 2.02. The van der Waals surface area contributed by atoms with Crippen LogP contribution in [-0.2, 0) is 11.3 Å². The topological polar surface area (TPSA) is 66.1 Å². The highest BCUT2D eigenvalue weighted by Crippen LogP contribution is 2.33. The molecule has 0 spiro atoms. The predicted molar refractivity (Wildman–Crippen MR) is 121 cm³/mol. The largest absolute Gasteiger partial charge is 0.381 e. The average molecular weight is 509 g/mol. The number of ether oxygens (including phenoxy) is 1. The Hall–Kier alpha value is -0.520. The molecule has 2 fully saturated rings. The lowest BCUT2D eigenvalue weighted by Crippen LogP contribution is -2.54. The van der Waals surface area contributed by atoms with E-state index in [1.165, 1.54) is 0 Å². The van der Waals surface area contributed by atoms with Crippen molar-refractivity contribution >= 4 is 41.7 Å². The number of aliphatic imine (C=N–C) groups is 1. The van der Waals surface area contributed by atoms with Gasteiger partial charge in [-0.25, -0.2) is 0 Å². The van der Waals surface area contributed by atoms with Gasteiger partial charge < -0.3 is 19.5 Å². The summed E-state index contributed by atoms with van der Waals surface area (Å²) < 4.78 is 11.0. The lowest BCUT2D eigenvalue weighted by atomic mass is 9.99. The van der Waals surface area contributed by atoms with Gasteiger partial charge in [-0.1, -0.05) is 5.16 Å². The molecule has 0 bridgehead atoms. The molecule has 2 aliphatic rings. The van der Waals surface area contributed by atoms with Gasteiger partial charge in [0.05, 0.1) is 5.69 Å². The second-order valence-electron chi connectivity index (χ2n) is 7.09. The fraction of sp³-hybridized carbons (Fsp3) is 0.778. The summed E-state index contributed by atoms with van der Waals surface area (Å²) in [4.78, 5) is 9.30. The van der Waals surface area contributed by atoms with Crippen LogP contribution >= 0.6 is 35.7 Å². The van der Waals surface area contributed by atoms with E-state index in [-0.39, 0.29) is 28.7 Å². The fourth-order valence-corrected chi connectivity index (χ4v) is 4.40. The summed E-state index contributed by atoms with van der Waals surface area (Å²) in [5.41, 5.74) is 1.01. The minimum absolute atomic E-state index is 0. The van der Waals surface area contributed by atoms with E-state index in [1.54, 1.807) is 0 Å². The molecule has 0 aromatic carbocycles. The molecule has 0 aliphatic carbocycles. The second-order valence-corrected chi connectivity index (χ2v) is 8.37. The number of hydrogen-bond acceptors (Lipinski definition) is 6. The first-order chi connectivity index (χ1) is 12.6. The number of thioether (sulfide) groups is 1. The first-order valence-electron chi connectivity index (χ1n) is 9.37. The van der Waals surface area contributed by atoms with E-state index in [4.69, 9.17) is 9.26 Å². The van der Waals surface area contributed by atoms with E-state index >= 15 is 0 Å². The van der Waals surface area contributed by atoms with Gasteiger partial charge in [0.2, 0.25) is 0 Å². The number of nitrogens with one attached hydrogen (secondary N) is 1. The Balaban J connectivity index is 0.00000261. The van der Waals surface area contributed by atoms with Gasteiger partial charge in [-0.3, -0.25) is 9.89 Å². The van der Waals surface area contributed by atoms with Crippen molar-refractivity contribution in [2.75, 3.05) is 59.2 Å². The van der Waals surface area contributed by atoms with Crippen LogP contribution in [0.25, 0.3) is 0 Å². The smallest absolute Gasteiger partial charge is 0.193 e. The second kappa shape index (κ2) is 10.9. The SMILES string of the molecule is CN=C(NCC1(SC)CCOCC1)N1CCN(Cc2cc(C)on2)CC1.I. The number of rotatable bonds is 5. The number of piperazine rings is 1. The van der Waals surface area contributed by atoms with E-state index in [9.17, 15) is 0 Å². The van der Waals surface area contributed by atoms with Crippen molar-refractivity contribution in [3.05, 3.63) is 17.5 Å². The van der Waals surface area contributed by atoms with Crippen molar-refractivity contribution in [2.45, 2.75) is 31.1 Å². The Morgan fingerprint density at radius 1 is 1.30 bits per heavy atom. The zero-order chi connectivity index (χ0) is 18.4. The number of aryl methyl sites for hydroxylation is 1. The first kappa shape index (κ1) is 22.8. The quantitative estimate of drug-likeness (QED) is 0.371. The van der Waals surface area contributed by atoms with Gasteiger partial charge in [0.15, 0.2) is 5.96 Å². The summed E-state index contributed by atoms with van der Waals surface area (Å²) in [6.07, 6.45) is 4.41. The van der Waals surface area contributed by atoms with Crippen molar-refractivity contribution in [3.8, 4) is 0 Å². The van der Waals surface area contributed by atoms with Gasteiger partial charge in [0.1, 0.15) is 5.76 Å². The van der Waals surface area contributed by atoms with Crippen LogP contribution in [0.1, 0.15) is 24.3 Å². The highest BCUT2D eigenvalue weighted by atomic mass is 127. The van der Waals surface area contributed by atoms with E-state index in [1.807, 2.05) is 31.8 Å². The molecule has 0 atom stereocenters.